The molecule has 1 aromatic carbocycles. The van der Waals surface area contributed by atoms with E-state index >= 15 is 0 Å². The molecule has 0 saturated carbocycles. The van der Waals surface area contributed by atoms with E-state index in [2.05, 4.69) is 27.5 Å². The minimum Gasteiger partial charge on any atom is -0.318 e. The van der Waals surface area contributed by atoms with Crippen molar-refractivity contribution >= 4 is 22.9 Å². The third kappa shape index (κ3) is 3.76. The molecule has 0 aliphatic rings. The number of rotatable bonds is 4. The van der Waals surface area contributed by atoms with Gasteiger partial charge in [-0.3, -0.25) is 14.5 Å². The van der Waals surface area contributed by atoms with E-state index in [4.69, 9.17) is 0 Å². The fraction of sp³-hybridized carbons (Fsp3) is 0.174. The highest BCUT2D eigenvalue weighted by Gasteiger charge is 2.19. The number of nitrogens with zero attached hydrogens (tertiary/aromatic N) is 3. The zero-order valence-electron chi connectivity index (χ0n) is 17.2. The third-order valence-corrected chi connectivity index (χ3v) is 6.06. The Kier molecular flexibility index (Phi) is 5.22. The molecule has 0 atom stereocenters. The molecule has 152 valence electrons. The van der Waals surface area contributed by atoms with Crippen LogP contribution in [0.15, 0.2) is 48.7 Å². The van der Waals surface area contributed by atoms with Crippen LogP contribution in [-0.2, 0) is 7.05 Å². The molecule has 0 spiro atoms. The van der Waals surface area contributed by atoms with Crippen LogP contribution in [0.2, 0.25) is 0 Å². The van der Waals surface area contributed by atoms with E-state index < -0.39 is 11.7 Å². The lowest BCUT2D eigenvalue weighted by molar-refractivity contribution is 0.102. The number of hydrogen-bond acceptors (Lipinski definition) is 4. The van der Waals surface area contributed by atoms with Crippen molar-refractivity contribution in [1.82, 2.24) is 14.8 Å². The van der Waals surface area contributed by atoms with Crippen LogP contribution in [0.3, 0.4) is 0 Å². The summed E-state index contributed by atoms with van der Waals surface area (Å²) >= 11 is 1.67. The number of thiophene rings is 1. The van der Waals surface area contributed by atoms with E-state index in [0.717, 1.165) is 32.3 Å². The van der Waals surface area contributed by atoms with Crippen molar-refractivity contribution in [2.24, 2.45) is 7.05 Å². The Morgan fingerprint density at radius 3 is 2.63 bits per heavy atom. The van der Waals surface area contributed by atoms with Crippen molar-refractivity contribution in [3.8, 4) is 21.7 Å². The van der Waals surface area contributed by atoms with Gasteiger partial charge in [0.25, 0.3) is 5.91 Å². The van der Waals surface area contributed by atoms with E-state index in [9.17, 15) is 9.18 Å². The van der Waals surface area contributed by atoms with Crippen molar-refractivity contribution in [3.63, 3.8) is 0 Å². The van der Waals surface area contributed by atoms with Crippen LogP contribution >= 0.6 is 11.3 Å². The number of hydrogen-bond donors (Lipinski definition) is 1. The Morgan fingerprint density at radius 2 is 1.93 bits per heavy atom. The number of nitrogens with one attached hydrogen (secondary N) is 1. The van der Waals surface area contributed by atoms with E-state index in [1.165, 1.54) is 6.07 Å². The minimum atomic E-state index is -0.468. The fourth-order valence-electron chi connectivity index (χ4n) is 3.29. The van der Waals surface area contributed by atoms with Gasteiger partial charge < -0.3 is 5.32 Å². The van der Waals surface area contributed by atoms with Gasteiger partial charge in [0.1, 0.15) is 5.82 Å². The zero-order valence-corrected chi connectivity index (χ0v) is 18.0. The number of halogens is 1. The molecule has 0 unspecified atom stereocenters. The first-order valence-electron chi connectivity index (χ1n) is 9.48. The zero-order chi connectivity index (χ0) is 21.4. The van der Waals surface area contributed by atoms with Crippen LogP contribution in [0.25, 0.3) is 21.7 Å². The minimum absolute atomic E-state index is 0.176. The molecule has 0 bridgehead atoms. The average Bonchev–Trinajstić information content (AvgIpc) is 3.28. The molecule has 0 saturated heterocycles. The Morgan fingerprint density at radius 1 is 1.13 bits per heavy atom. The van der Waals surface area contributed by atoms with Crippen LogP contribution in [0.1, 0.15) is 26.6 Å². The summed E-state index contributed by atoms with van der Waals surface area (Å²) in [6.45, 7) is 5.75. The second-order valence-electron chi connectivity index (χ2n) is 7.19. The predicted octanol–water partition coefficient (Wildman–Crippen LogP) is 5.53. The van der Waals surface area contributed by atoms with Crippen LogP contribution in [0, 0.1) is 26.6 Å². The van der Waals surface area contributed by atoms with Crippen LogP contribution in [0.5, 0.6) is 0 Å². The highest BCUT2D eigenvalue weighted by Crippen LogP contribution is 2.36. The normalized spacial score (nSPS) is 11.0. The standard InChI is InChI=1S/C23H21FN4OS/c1-13-6-5-7-18(24)22(13)26-23(29)19-11-20(28(4)27-19)17-10-21(30-15(17)3)16-9-8-14(2)25-12-16/h5-12H,1-4H3,(H,26,29). The maximum atomic E-state index is 14.1. The molecule has 7 heteroatoms. The SMILES string of the molecule is Cc1ccc(-c2cc(-c3cc(C(=O)Nc4c(C)cccc4F)nn3C)c(C)s2)cn1. The molecule has 0 radical (unpaired) electrons. The molecule has 4 rings (SSSR count). The summed E-state index contributed by atoms with van der Waals surface area (Å²) in [5.41, 5.74) is 4.92. The summed E-state index contributed by atoms with van der Waals surface area (Å²) in [6.07, 6.45) is 1.86. The first kappa shape index (κ1) is 20.0. The quantitative estimate of drug-likeness (QED) is 0.472. The van der Waals surface area contributed by atoms with Crippen molar-refractivity contribution in [3.05, 3.63) is 76.3 Å². The number of carbonyl (C=O) groups is 1. The average molecular weight is 421 g/mol. The fourth-order valence-corrected chi connectivity index (χ4v) is 4.31. The third-order valence-electron chi connectivity index (χ3n) is 4.96. The number of carbonyl (C=O) groups excluding carboxylic acids is 1. The maximum absolute atomic E-state index is 14.1. The monoisotopic (exact) mass is 420 g/mol. The Bertz CT molecular complexity index is 1220. The highest BCUT2D eigenvalue weighted by molar-refractivity contribution is 7.16. The number of amides is 1. The molecule has 3 aromatic heterocycles. The van der Waals surface area contributed by atoms with Gasteiger partial charge in [0.05, 0.1) is 11.4 Å². The van der Waals surface area contributed by atoms with Gasteiger partial charge in [-0.25, -0.2) is 4.39 Å². The molecule has 1 N–H and O–H groups in total. The van der Waals surface area contributed by atoms with E-state index in [0.29, 0.717) is 5.56 Å². The van der Waals surface area contributed by atoms with Crippen LogP contribution in [-0.4, -0.2) is 20.7 Å². The van der Waals surface area contributed by atoms with Crippen LogP contribution < -0.4 is 5.32 Å². The van der Waals surface area contributed by atoms with Gasteiger partial charge in [-0.1, -0.05) is 18.2 Å². The highest BCUT2D eigenvalue weighted by atomic mass is 32.1. The molecule has 4 aromatic rings. The molecular formula is C23H21FN4OS. The summed E-state index contributed by atoms with van der Waals surface area (Å²) < 4.78 is 15.7. The molecule has 5 nitrogen and oxygen atoms in total. The number of pyridine rings is 1. The largest absolute Gasteiger partial charge is 0.318 e. The first-order valence-corrected chi connectivity index (χ1v) is 10.3. The van der Waals surface area contributed by atoms with E-state index in [-0.39, 0.29) is 11.4 Å². The number of anilines is 1. The maximum Gasteiger partial charge on any atom is 0.276 e. The number of para-hydroxylation sites is 1. The Hall–Kier alpha value is -3.32. The van der Waals surface area contributed by atoms with Crippen molar-refractivity contribution in [2.45, 2.75) is 20.8 Å². The summed E-state index contributed by atoms with van der Waals surface area (Å²) in [4.78, 5) is 19.3. The summed E-state index contributed by atoms with van der Waals surface area (Å²) in [7, 11) is 1.80. The van der Waals surface area contributed by atoms with Crippen molar-refractivity contribution in [1.29, 1.82) is 0 Å². The summed E-state index contributed by atoms with van der Waals surface area (Å²) in [5.74, 6) is -0.912. The molecule has 0 aliphatic heterocycles. The molecular weight excluding hydrogens is 399 g/mol. The molecule has 3 heterocycles. The summed E-state index contributed by atoms with van der Waals surface area (Å²) in [6, 6.07) is 12.5. The number of aryl methyl sites for hydroxylation is 4. The van der Waals surface area contributed by atoms with Gasteiger partial charge in [-0.05, 0) is 50.6 Å². The van der Waals surface area contributed by atoms with Gasteiger partial charge in [0, 0.05) is 39.8 Å². The second kappa shape index (κ2) is 7.84. The Labute approximate surface area is 178 Å². The van der Waals surface area contributed by atoms with Crippen LogP contribution in [0.4, 0.5) is 10.1 Å². The van der Waals surface area contributed by atoms with Gasteiger partial charge in [-0.15, -0.1) is 11.3 Å². The van der Waals surface area contributed by atoms with Gasteiger partial charge in [0.15, 0.2) is 5.69 Å². The van der Waals surface area contributed by atoms with E-state index in [1.54, 1.807) is 48.2 Å². The number of aromatic nitrogens is 3. The Balaban J connectivity index is 1.64. The number of benzene rings is 1. The van der Waals surface area contributed by atoms with Crippen molar-refractivity contribution in [2.75, 3.05) is 5.32 Å². The lowest BCUT2D eigenvalue weighted by Gasteiger charge is -2.07. The van der Waals surface area contributed by atoms with Gasteiger partial charge in [-0.2, -0.15) is 5.10 Å². The molecule has 30 heavy (non-hydrogen) atoms. The van der Waals surface area contributed by atoms with Gasteiger partial charge in [0.2, 0.25) is 0 Å². The lowest BCUT2D eigenvalue weighted by atomic mass is 10.1. The predicted molar refractivity (Wildman–Crippen MR) is 118 cm³/mol. The molecule has 1 amide bonds. The first-order chi connectivity index (χ1) is 14.3. The second-order valence-corrected chi connectivity index (χ2v) is 8.45. The topological polar surface area (TPSA) is 59.8 Å². The smallest absolute Gasteiger partial charge is 0.276 e. The van der Waals surface area contributed by atoms with Gasteiger partial charge >= 0.3 is 0 Å². The lowest BCUT2D eigenvalue weighted by Crippen LogP contribution is -2.15. The van der Waals surface area contributed by atoms with E-state index in [1.807, 2.05) is 26.1 Å². The molecule has 0 fully saturated rings. The molecule has 0 aliphatic carbocycles. The summed E-state index contributed by atoms with van der Waals surface area (Å²) in [5, 5.41) is 6.99. The van der Waals surface area contributed by atoms with Crippen molar-refractivity contribution < 1.29 is 9.18 Å².